The normalized spacial score (nSPS) is 35.5. The lowest BCUT2D eigenvalue weighted by molar-refractivity contribution is 0.0856. The number of nitrogens with two attached hydrogens (primary N) is 1. The first-order valence-electron chi connectivity index (χ1n) is 5.95. The first kappa shape index (κ1) is 11.6. The fourth-order valence-electron chi connectivity index (χ4n) is 3.05. The maximum Gasteiger partial charge on any atom is 0.137 e. The molecule has 3 unspecified atom stereocenters. The topological polar surface area (TPSA) is 35.2 Å². The number of hydrogen-bond donors (Lipinski definition) is 1. The summed E-state index contributed by atoms with van der Waals surface area (Å²) in [6.07, 6.45) is 4.39. The van der Waals surface area contributed by atoms with Crippen LogP contribution in [-0.2, 0) is 11.2 Å². The number of fused-ring (bicyclic) bond motifs is 2. The van der Waals surface area contributed by atoms with Crippen molar-refractivity contribution in [1.29, 1.82) is 0 Å². The molecule has 0 spiro atoms. The van der Waals surface area contributed by atoms with Crippen molar-refractivity contribution in [3.8, 4) is 0 Å². The standard InChI is InChI=1S/C13H15BrFNO/c14-10-5-8(1-3-11(10)15)6-13(16)7-9-2-4-12(13)17-9/h1,3,5,9,12H,2,4,6-7,16H2. The minimum atomic E-state index is -0.264. The van der Waals surface area contributed by atoms with Gasteiger partial charge in [0.2, 0.25) is 0 Å². The Bertz CT molecular complexity index is 453. The van der Waals surface area contributed by atoms with Crippen LogP contribution in [0.3, 0.4) is 0 Å². The molecule has 0 saturated carbocycles. The Morgan fingerprint density at radius 1 is 1.47 bits per heavy atom. The van der Waals surface area contributed by atoms with E-state index < -0.39 is 0 Å². The predicted octanol–water partition coefficient (Wildman–Crippen LogP) is 2.78. The molecule has 1 aromatic rings. The number of hydrogen-bond acceptors (Lipinski definition) is 2. The summed E-state index contributed by atoms with van der Waals surface area (Å²) in [6, 6.07) is 5.10. The monoisotopic (exact) mass is 299 g/mol. The smallest absolute Gasteiger partial charge is 0.137 e. The van der Waals surface area contributed by atoms with Crippen LogP contribution in [-0.4, -0.2) is 17.7 Å². The lowest BCUT2D eigenvalue weighted by Crippen LogP contribution is -2.50. The highest BCUT2D eigenvalue weighted by atomic mass is 79.9. The molecule has 3 rings (SSSR count). The highest BCUT2D eigenvalue weighted by molar-refractivity contribution is 9.10. The summed E-state index contributed by atoms with van der Waals surface area (Å²) in [4.78, 5) is 0. The fourth-order valence-corrected chi connectivity index (χ4v) is 3.48. The molecule has 2 heterocycles. The molecule has 2 N–H and O–H groups in total. The number of ether oxygens (including phenoxy) is 1. The molecule has 2 fully saturated rings. The zero-order chi connectivity index (χ0) is 12.0. The van der Waals surface area contributed by atoms with Crippen molar-refractivity contribution in [3.05, 3.63) is 34.1 Å². The molecule has 2 nitrogen and oxygen atoms in total. The summed E-state index contributed by atoms with van der Waals surface area (Å²) >= 11 is 3.21. The van der Waals surface area contributed by atoms with Crippen molar-refractivity contribution in [1.82, 2.24) is 0 Å². The third-order valence-electron chi connectivity index (χ3n) is 3.87. The van der Waals surface area contributed by atoms with Crippen molar-refractivity contribution in [3.63, 3.8) is 0 Å². The van der Waals surface area contributed by atoms with Crippen molar-refractivity contribution < 1.29 is 9.13 Å². The largest absolute Gasteiger partial charge is 0.373 e. The molecule has 2 aliphatic rings. The quantitative estimate of drug-likeness (QED) is 0.911. The maximum atomic E-state index is 13.2. The second-order valence-electron chi connectivity index (χ2n) is 5.19. The molecule has 4 heteroatoms. The minimum absolute atomic E-state index is 0.177. The molecule has 2 bridgehead atoms. The summed E-state index contributed by atoms with van der Waals surface area (Å²) in [7, 11) is 0. The molecule has 17 heavy (non-hydrogen) atoms. The number of rotatable bonds is 2. The van der Waals surface area contributed by atoms with Crippen LogP contribution in [0.2, 0.25) is 0 Å². The molecule has 0 aliphatic carbocycles. The van der Waals surface area contributed by atoms with Crippen LogP contribution in [0, 0.1) is 5.82 Å². The van der Waals surface area contributed by atoms with E-state index in [2.05, 4.69) is 15.9 Å². The Morgan fingerprint density at radius 2 is 2.29 bits per heavy atom. The number of benzene rings is 1. The zero-order valence-corrected chi connectivity index (χ0v) is 11.0. The van der Waals surface area contributed by atoms with Crippen LogP contribution in [0.25, 0.3) is 0 Å². The summed E-state index contributed by atoms with van der Waals surface area (Å²) in [5, 5.41) is 0. The van der Waals surface area contributed by atoms with Gasteiger partial charge in [0.15, 0.2) is 0 Å². The van der Waals surface area contributed by atoms with Gasteiger partial charge in [-0.2, -0.15) is 0 Å². The first-order chi connectivity index (χ1) is 8.07. The van der Waals surface area contributed by atoms with E-state index in [0.717, 1.165) is 31.2 Å². The van der Waals surface area contributed by atoms with E-state index in [0.29, 0.717) is 10.6 Å². The van der Waals surface area contributed by atoms with Crippen molar-refractivity contribution in [2.75, 3.05) is 0 Å². The van der Waals surface area contributed by atoms with Gasteiger partial charge in [0, 0.05) is 5.54 Å². The van der Waals surface area contributed by atoms with E-state index in [1.165, 1.54) is 6.07 Å². The molecule has 92 valence electrons. The van der Waals surface area contributed by atoms with Gasteiger partial charge in [0.05, 0.1) is 16.7 Å². The molecule has 0 radical (unpaired) electrons. The SMILES string of the molecule is NC1(Cc2ccc(F)c(Br)c2)CC2CCC1O2. The Kier molecular flexibility index (Phi) is 2.76. The van der Waals surface area contributed by atoms with Crippen LogP contribution in [0.5, 0.6) is 0 Å². The average molecular weight is 300 g/mol. The van der Waals surface area contributed by atoms with Crippen LogP contribution in [0.1, 0.15) is 24.8 Å². The average Bonchev–Trinajstić information content (AvgIpc) is 2.83. The van der Waals surface area contributed by atoms with Gasteiger partial charge in [-0.05, 0) is 59.3 Å². The van der Waals surface area contributed by atoms with Gasteiger partial charge in [-0.25, -0.2) is 4.39 Å². The van der Waals surface area contributed by atoms with Gasteiger partial charge in [-0.15, -0.1) is 0 Å². The third-order valence-corrected chi connectivity index (χ3v) is 4.48. The van der Waals surface area contributed by atoms with Gasteiger partial charge >= 0.3 is 0 Å². The minimum Gasteiger partial charge on any atom is -0.373 e. The zero-order valence-electron chi connectivity index (χ0n) is 9.46. The Labute approximate surface area is 108 Å². The molecule has 1 aromatic carbocycles. The van der Waals surface area contributed by atoms with Crippen LogP contribution >= 0.6 is 15.9 Å². The Morgan fingerprint density at radius 3 is 2.88 bits per heavy atom. The molecular formula is C13H15BrFNO. The molecular weight excluding hydrogens is 285 g/mol. The van der Waals surface area contributed by atoms with E-state index in [1.807, 2.05) is 6.07 Å². The molecule has 0 amide bonds. The van der Waals surface area contributed by atoms with Crippen LogP contribution in [0.15, 0.2) is 22.7 Å². The lowest BCUT2D eigenvalue weighted by Gasteiger charge is -2.31. The van der Waals surface area contributed by atoms with Crippen molar-refractivity contribution in [2.24, 2.45) is 5.73 Å². The summed E-state index contributed by atoms with van der Waals surface area (Å²) < 4.78 is 19.5. The third kappa shape index (κ3) is 2.02. The van der Waals surface area contributed by atoms with Crippen molar-refractivity contribution >= 4 is 15.9 Å². The summed E-state index contributed by atoms with van der Waals surface area (Å²) in [5.41, 5.74) is 7.23. The molecule has 2 aliphatic heterocycles. The highest BCUT2D eigenvalue weighted by Crippen LogP contribution is 2.42. The maximum absolute atomic E-state index is 13.2. The summed E-state index contributed by atoms with van der Waals surface area (Å²) in [5.74, 6) is -0.232. The van der Waals surface area contributed by atoms with Gasteiger partial charge < -0.3 is 10.5 Å². The van der Waals surface area contributed by atoms with Crippen LogP contribution in [0.4, 0.5) is 4.39 Å². The van der Waals surface area contributed by atoms with Crippen molar-refractivity contribution in [2.45, 2.75) is 43.4 Å². The molecule has 2 saturated heterocycles. The van der Waals surface area contributed by atoms with E-state index in [4.69, 9.17) is 10.5 Å². The van der Waals surface area contributed by atoms with E-state index in [1.54, 1.807) is 6.07 Å². The lowest BCUT2D eigenvalue weighted by atomic mass is 9.78. The van der Waals surface area contributed by atoms with Crippen LogP contribution < -0.4 is 5.73 Å². The second kappa shape index (κ2) is 4.04. The Balaban J connectivity index is 1.80. The van der Waals surface area contributed by atoms with E-state index >= 15 is 0 Å². The molecule has 3 atom stereocenters. The second-order valence-corrected chi connectivity index (χ2v) is 6.04. The first-order valence-corrected chi connectivity index (χ1v) is 6.74. The van der Waals surface area contributed by atoms with E-state index in [9.17, 15) is 4.39 Å². The van der Waals surface area contributed by atoms with Gasteiger partial charge in [0.25, 0.3) is 0 Å². The summed E-state index contributed by atoms with van der Waals surface area (Å²) in [6.45, 7) is 0. The number of halogens is 2. The highest BCUT2D eigenvalue weighted by Gasteiger charge is 2.49. The van der Waals surface area contributed by atoms with E-state index in [-0.39, 0.29) is 17.5 Å². The Hall–Kier alpha value is -0.450. The predicted molar refractivity (Wildman–Crippen MR) is 67.2 cm³/mol. The molecule has 0 aromatic heterocycles. The fraction of sp³-hybridized carbons (Fsp3) is 0.538. The van der Waals surface area contributed by atoms with Gasteiger partial charge in [-0.1, -0.05) is 6.07 Å². The van der Waals surface area contributed by atoms with Gasteiger partial charge in [0.1, 0.15) is 5.82 Å². The van der Waals surface area contributed by atoms with Gasteiger partial charge in [-0.3, -0.25) is 0 Å².